The fourth-order valence-electron chi connectivity index (χ4n) is 7.35. The number of nitrogens with one attached hydrogen (secondary N) is 1. The number of amides is 2. The number of ether oxygens (including phenoxy) is 5. The fourth-order valence-corrected chi connectivity index (χ4v) is 7.35. The van der Waals surface area contributed by atoms with Crippen LogP contribution in [0.5, 0.6) is 0 Å². The second kappa shape index (κ2) is 17.4. The number of likely N-dealkylation sites (N-methyl/N-ethyl adjacent to an activating group) is 1. The van der Waals surface area contributed by atoms with E-state index in [-0.39, 0.29) is 32.5 Å². The van der Waals surface area contributed by atoms with Gasteiger partial charge in [-0.2, -0.15) is 0 Å². The number of benzene rings is 2. The van der Waals surface area contributed by atoms with E-state index < -0.39 is 66.4 Å². The van der Waals surface area contributed by atoms with E-state index in [2.05, 4.69) is 11.4 Å². The van der Waals surface area contributed by atoms with Crippen molar-refractivity contribution in [1.29, 1.82) is 0 Å². The number of allylic oxidation sites excluding steroid dienone is 1. The number of nitrogens with zero attached hydrogens (tertiary/aromatic N) is 1. The smallest absolute Gasteiger partial charge is 0.338 e. The number of epoxide rings is 1. The first-order chi connectivity index (χ1) is 25.9. The van der Waals surface area contributed by atoms with E-state index in [1.807, 2.05) is 48.5 Å². The van der Waals surface area contributed by atoms with Crippen LogP contribution >= 0.6 is 0 Å². The van der Waals surface area contributed by atoms with Crippen molar-refractivity contribution in [2.24, 2.45) is 5.92 Å². The van der Waals surface area contributed by atoms with Gasteiger partial charge in [-0.1, -0.05) is 54.6 Å². The Hall–Kier alpha value is -4.36. The normalized spacial score (nSPS) is 25.8. The molecule has 2 aromatic rings. The van der Waals surface area contributed by atoms with Gasteiger partial charge in [0.2, 0.25) is 11.8 Å². The molecule has 2 aliphatic carbocycles. The predicted octanol–water partition coefficient (Wildman–Crippen LogP) is 4.53. The quantitative estimate of drug-likeness (QED) is 0.209. The second-order valence-electron chi connectivity index (χ2n) is 15.6. The van der Waals surface area contributed by atoms with E-state index >= 15 is 0 Å². The van der Waals surface area contributed by atoms with Gasteiger partial charge in [-0.15, -0.1) is 0 Å². The van der Waals surface area contributed by atoms with Crippen molar-refractivity contribution in [3.63, 3.8) is 0 Å². The van der Waals surface area contributed by atoms with Crippen LogP contribution in [0.3, 0.4) is 0 Å². The van der Waals surface area contributed by atoms with Crippen LogP contribution in [0.4, 0.5) is 0 Å². The molecule has 0 spiro atoms. The molecule has 4 aliphatic rings. The van der Waals surface area contributed by atoms with E-state index in [1.54, 1.807) is 46.0 Å². The molecule has 290 valence electrons. The van der Waals surface area contributed by atoms with E-state index in [0.29, 0.717) is 29.3 Å². The highest BCUT2D eigenvalue weighted by Gasteiger charge is 2.44. The number of hydrogen-bond acceptors (Lipinski definition) is 10. The summed E-state index contributed by atoms with van der Waals surface area (Å²) >= 11 is 0. The van der Waals surface area contributed by atoms with Gasteiger partial charge in [-0.05, 0) is 81.7 Å². The van der Waals surface area contributed by atoms with Crippen LogP contribution in [-0.2, 0) is 44.5 Å². The average molecular weight is 745 g/mol. The first kappa shape index (κ1) is 39.3. The Bertz CT molecular complexity index is 1720. The number of hydrogen-bond donors (Lipinski definition) is 2. The lowest BCUT2D eigenvalue weighted by atomic mass is 9.88. The average Bonchev–Trinajstić information content (AvgIpc) is 3.77. The van der Waals surface area contributed by atoms with Crippen molar-refractivity contribution in [2.75, 3.05) is 20.4 Å². The Balaban J connectivity index is 1.13. The van der Waals surface area contributed by atoms with Gasteiger partial charge in [0.15, 0.2) is 0 Å². The number of esters is 2. The number of rotatable bonds is 14. The predicted molar refractivity (Wildman–Crippen MR) is 199 cm³/mol. The summed E-state index contributed by atoms with van der Waals surface area (Å²) in [4.78, 5) is 55.3. The van der Waals surface area contributed by atoms with Gasteiger partial charge in [0, 0.05) is 31.9 Å². The molecule has 0 bridgehead atoms. The molecule has 12 heteroatoms. The van der Waals surface area contributed by atoms with Gasteiger partial charge < -0.3 is 39.0 Å². The first-order valence-corrected chi connectivity index (χ1v) is 18.9. The summed E-state index contributed by atoms with van der Waals surface area (Å²) in [5.74, 6) is -1.46. The second-order valence-corrected chi connectivity index (χ2v) is 15.6. The highest BCUT2D eigenvalue weighted by molar-refractivity contribution is 5.97. The molecule has 8 unspecified atom stereocenters. The topological polar surface area (TPSA) is 153 Å². The molecule has 2 N–H and O–H groups in total. The van der Waals surface area contributed by atoms with Gasteiger partial charge >= 0.3 is 11.9 Å². The molecule has 12 nitrogen and oxygen atoms in total. The number of aliphatic hydroxyl groups excluding tert-OH is 1. The maximum Gasteiger partial charge on any atom is 0.338 e. The van der Waals surface area contributed by atoms with Crippen LogP contribution in [0.25, 0.3) is 6.08 Å². The Morgan fingerprint density at radius 1 is 1.04 bits per heavy atom. The SMILES string of the molecule is CN(C(=O)C1=CC2OCOC2C(OC(=O)c2cccc(C=CC3CCC4OC4C3)c2)C1)C(Cc1ccccc1)C(=O)NC(CO)CCC(=O)OC(C)(C)C. The lowest BCUT2D eigenvalue weighted by Gasteiger charge is -2.34. The lowest BCUT2D eigenvalue weighted by molar-refractivity contribution is -0.155. The van der Waals surface area contributed by atoms with Crippen molar-refractivity contribution in [1.82, 2.24) is 10.2 Å². The maximum absolute atomic E-state index is 14.2. The molecule has 0 radical (unpaired) electrons. The molecule has 2 aliphatic heterocycles. The standard InChI is InChI=1S/C42H52N2O10/c1-42(2,3)54-37(46)18-16-31(24-45)43-39(47)32(20-26-9-6-5-7-10-26)44(4)40(48)30-22-35-38(51-25-50-35)36(23-30)53-41(49)29-12-8-11-27(19-29)13-14-28-15-17-33-34(21-28)52-33/h5-14,19,22,28,31-36,38,45H,15-18,20-21,23-25H2,1-4H3,(H,43,47). The van der Waals surface area contributed by atoms with Gasteiger partial charge in [0.25, 0.3) is 0 Å². The molecule has 0 aromatic heterocycles. The highest BCUT2D eigenvalue weighted by Crippen LogP contribution is 2.40. The molecule has 6 rings (SSSR count). The molecule has 2 amide bonds. The summed E-state index contributed by atoms with van der Waals surface area (Å²) in [6, 6.07) is 14.8. The third-order valence-corrected chi connectivity index (χ3v) is 10.3. The summed E-state index contributed by atoms with van der Waals surface area (Å²) in [5, 5.41) is 12.9. The molecule has 2 aromatic carbocycles. The Kier molecular flexibility index (Phi) is 12.7. The Morgan fingerprint density at radius 3 is 2.57 bits per heavy atom. The maximum atomic E-state index is 14.2. The zero-order valence-corrected chi connectivity index (χ0v) is 31.5. The van der Waals surface area contributed by atoms with Crippen LogP contribution in [-0.4, -0.2) is 102 Å². The van der Waals surface area contributed by atoms with Crippen molar-refractivity contribution in [3.8, 4) is 0 Å². The summed E-state index contributed by atoms with van der Waals surface area (Å²) in [6.07, 6.45) is 8.28. The van der Waals surface area contributed by atoms with Crippen LogP contribution in [0.15, 0.2) is 72.3 Å². The summed E-state index contributed by atoms with van der Waals surface area (Å²) in [7, 11) is 1.55. The van der Waals surface area contributed by atoms with Gasteiger partial charge in [-0.3, -0.25) is 14.4 Å². The van der Waals surface area contributed by atoms with Gasteiger partial charge in [0.05, 0.1) is 30.4 Å². The zero-order valence-electron chi connectivity index (χ0n) is 31.5. The van der Waals surface area contributed by atoms with Crippen molar-refractivity contribution < 1.29 is 48.0 Å². The first-order valence-electron chi connectivity index (χ1n) is 18.9. The van der Waals surface area contributed by atoms with E-state index in [1.165, 1.54) is 4.90 Å². The van der Waals surface area contributed by atoms with E-state index in [0.717, 1.165) is 30.4 Å². The number of carbonyl (C=O) groups excluding carboxylic acids is 4. The van der Waals surface area contributed by atoms with E-state index in [9.17, 15) is 24.3 Å². The van der Waals surface area contributed by atoms with Crippen LogP contribution in [0.1, 0.15) is 80.8 Å². The van der Waals surface area contributed by atoms with Gasteiger partial charge in [-0.25, -0.2) is 4.79 Å². The van der Waals surface area contributed by atoms with Crippen LogP contribution in [0.2, 0.25) is 0 Å². The van der Waals surface area contributed by atoms with Gasteiger partial charge in [0.1, 0.15) is 36.7 Å². The van der Waals surface area contributed by atoms with Crippen LogP contribution < -0.4 is 5.32 Å². The number of carbonyl (C=O) groups is 4. The number of fused-ring (bicyclic) bond motifs is 2. The Morgan fingerprint density at radius 2 is 1.83 bits per heavy atom. The summed E-state index contributed by atoms with van der Waals surface area (Å²) < 4.78 is 28.7. The van der Waals surface area contributed by atoms with Crippen LogP contribution in [0, 0.1) is 5.92 Å². The summed E-state index contributed by atoms with van der Waals surface area (Å²) in [6.45, 7) is 4.88. The fraction of sp³-hybridized carbons (Fsp3) is 0.524. The molecule has 3 fully saturated rings. The van der Waals surface area contributed by atoms with Crippen molar-refractivity contribution in [2.45, 2.75) is 114 Å². The third-order valence-electron chi connectivity index (χ3n) is 10.3. The van der Waals surface area contributed by atoms with Crippen molar-refractivity contribution >= 4 is 29.8 Å². The van der Waals surface area contributed by atoms with Crippen molar-refractivity contribution in [3.05, 3.63) is 89.0 Å². The monoisotopic (exact) mass is 744 g/mol. The lowest BCUT2D eigenvalue weighted by Crippen LogP contribution is -2.53. The molecule has 54 heavy (non-hydrogen) atoms. The molecular weight excluding hydrogens is 692 g/mol. The Labute approximate surface area is 316 Å². The minimum atomic E-state index is -0.974. The molecule has 8 atom stereocenters. The minimum absolute atomic E-state index is 0.00343. The third kappa shape index (κ3) is 10.4. The molecule has 2 heterocycles. The molecule has 1 saturated carbocycles. The number of aliphatic hydroxyl groups is 1. The summed E-state index contributed by atoms with van der Waals surface area (Å²) in [5.41, 5.74) is 1.75. The highest BCUT2D eigenvalue weighted by atomic mass is 16.7. The minimum Gasteiger partial charge on any atom is -0.460 e. The zero-order chi connectivity index (χ0) is 38.4. The largest absolute Gasteiger partial charge is 0.460 e. The van der Waals surface area contributed by atoms with E-state index in [4.69, 9.17) is 23.7 Å². The molecular formula is C42H52N2O10. The molecule has 2 saturated heterocycles.